The Labute approximate surface area is 386 Å². The number of carboxylic acids is 9. The fourth-order valence-electron chi connectivity index (χ4n) is 3.26. The van der Waals surface area contributed by atoms with E-state index in [0.29, 0.717) is 38.9 Å². The molecular formula is C30H52Mg3N6O20. The van der Waals surface area contributed by atoms with Crippen LogP contribution in [0, 0.1) is 0 Å². The summed E-state index contributed by atoms with van der Waals surface area (Å²) in [6.45, 7) is 1.81. The molecule has 0 bridgehead atoms. The van der Waals surface area contributed by atoms with Crippen molar-refractivity contribution in [2.45, 2.75) is 113 Å². The van der Waals surface area contributed by atoms with E-state index in [1.54, 1.807) is 0 Å². The Morgan fingerprint density at radius 1 is 0.407 bits per heavy atom. The molecule has 0 fully saturated rings. The molecule has 59 heavy (non-hydrogen) atoms. The third-order valence-corrected chi connectivity index (χ3v) is 6.37. The van der Waals surface area contributed by atoms with Crippen molar-refractivity contribution in [3.63, 3.8) is 0 Å². The monoisotopic (exact) mass is 888 g/mol. The maximum Gasteiger partial charge on any atom is 2.00 e. The molecule has 0 aliphatic rings. The molecule has 0 radical (unpaired) electrons. The molecule has 3 atom stereocenters. The molecule has 26 nitrogen and oxygen atoms in total. The number of unbranched alkanes of at least 4 members (excludes halogenated alkanes) is 3. The molecule has 0 saturated heterocycles. The van der Waals surface area contributed by atoms with Gasteiger partial charge in [-0.3, -0.25) is 14.4 Å². The van der Waals surface area contributed by atoms with E-state index in [0.717, 1.165) is 38.5 Å². The van der Waals surface area contributed by atoms with Gasteiger partial charge in [-0.15, -0.1) is 0 Å². The van der Waals surface area contributed by atoms with Crippen molar-refractivity contribution in [2.75, 3.05) is 19.6 Å². The summed E-state index contributed by atoms with van der Waals surface area (Å²) in [5.41, 5.74) is 25.3. The van der Waals surface area contributed by atoms with E-state index in [1.165, 1.54) is 0 Å². The Morgan fingerprint density at radius 3 is 0.678 bits per heavy atom. The molecular weight excluding hydrogens is 837 g/mol. The molecule has 0 aromatic carbocycles. The number of hydrogen-bond acceptors (Lipinski definition) is 23. The Morgan fingerprint density at radius 2 is 0.576 bits per heavy atom. The maximum atomic E-state index is 10.1. The number of hydrogen-bond donors (Lipinski definition) is 11. The summed E-state index contributed by atoms with van der Waals surface area (Å²) in [5.74, 6) is -14.8. The van der Waals surface area contributed by atoms with Crippen molar-refractivity contribution in [3.8, 4) is 0 Å². The largest absolute Gasteiger partial charge is 2.00 e. The van der Waals surface area contributed by atoms with Crippen LogP contribution in [0.25, 0.3) is 0 Å². The molecule has 0 aromatic heterocycles. The van der Waals surface area contributed by atoms with Gasteiger partial charge in [0.2, 0.25) is 0 Å². The number of carboxylic acid groups (broad SMARTS) is 9. The second-order valence-corrected chi connectivity index (χ2v) is 11.5. The second kappa shape index (κ2) is 43.3. The number of rotatable bonds is 25. The van der Waals surface area contributed by atoms with Gasteiger partial charge in [-0.1, -0.05) is 19.3 Å². The topological polar surface area (TPSA) is 549 Å². The van der Waals surface area contributed by atoms with Crippen molar-refractivity contribution in [3.05, 3.63) is 0 Å². The fraction of sp³-hybridized carbons (Fsp3) is 0.700. The first-order valence-corrected chi connectivity index (χ1v) is 16.3. The number of carbonyl (C=O) groups is 9. The van der Waals surface area contributed by atoms with Gasteiger partial charge < -0.3 is 119 Å². The van der Waals surface area contributed by atoms with E-state index in [4.69, 9.17) is 59.9 Å². The van der Waals surface area contributed by atoms with Crippen LogP contribution in [0.15, 0.2) is 0 Å². The van der Waals surface area contributed by atoms with Crippen LogP contribution in [-0.2, 0) is 43.2 Å². The first kappa shape index (κ1) is 73.7. The van der Waals surface area contributed by atoms with Crippen molar-refractivity contribution < 1.29 is 99.3 Å². The predicted octanol–water partition coefficient (Wildman–Crippen LogP) is -13.1. The third-order valence-electron chi connectivity index (χ3n) is 6.37. The quantitative estimate of drug-likeness (QED) is 0.0299. The number of aliphatic carboxylic acids is 9. The summed E-state index contributed by atoms with van der Waals surface area (Å²) in [6, 6.07) is -2.15. The van der Waals surface area contributed by atoms with Gasteiger partial charge in [0, 0.05) is 49.6 Å². The number of aliphatic hydroxyl groups is 2. The van der Waals surface area contributed by atoms with Crippen molar-refractivity contribution in [2.24, 2.45) is 34.4 Å². The predicted molar refractivity (Wildman–Crippen MR) is 191 cm³/mol. The van der Waals surface area contributed by atoms with Gasteiger partial charge in [-0.2, -0.15) is 0 Å². The van der Waals surface area contributed by atoms with Gasteiger partial charge in [0.1, 0.15) is 29.3 Å². The fourth-order valence-corrected chi connectivity index (χ4v) is 3.26. The Hall–Kier alpha value is -2.79. The van der Waals surface area contributed by atoms with Crippen LogP contribution in [-0.4, -0.2) is 197 Å². The minimum Gasteiger partial charge on any atom is -0.550 e. The van der Waals surface area contributed by atoms with Gasteiger partial charge in [0.15, 0.2) is 0 Å². The summed E-state index contributed by atoms with van der Waals surface area (Å²) in [7, 11) is 0. The summed E-state index contributed by atoms with van der Waals surface area (Å²) < 4.78 is 0. The molecule has 0 aromatic rings. The molecule has 328 valence electrons. The molecule has 0 aliphatic carbocycles. The van der Waals surface area contributed by atoms with Crippen LogP contribution >= 0.6 is 0 Å². The summed E-state index contributed by atoms with van der Waals surface area (Å²) >= 11 is 0. The van der Waals surface area contributed by atoms with Crippen molar-refractivity contribution >= 4 is 123 Å². The van der Waals surface area contributed by atoms with Gasteiger partial charge in [0.05, 0.1) is 11.9 Å². The molecule has 17 N–H and O–H groups in total. The number of nitrogens with two attached hydrogens (primary N) is 6. The average Bonchev–Trinajstić information content (AvgIpc) is 3.04. The Balaban J connectivity index is -0.0000000912. The van der Waals surface area contributed by atoms with E-state index in [9.17, 15) is 73.8 Å². The van der Waals surface area contributed by atoms with Crippen LogP contribution in [0.3, 0.4) is 0 Å². The first-order chi connectivity index (χ1) is 25.6. The molecule has 0 heterocycles. The zero-order valence-electron chi connectivity index (χ0n) is 32.5. The molecule has 0 amide bonds. The zero-order valence-corrected chi connectivity index (χ0v) is 36.7. The Kier molecular flexibility index (Phi) is 54.1. The molecule has 0 rings (SSSR count). The average molecular weight is 890 g/mol. The summed E-state index contributed by atoms with van der Waals surface area (Å²) in [5, 5.41) is 103. The van der Waals surface area contributed by atoms with Crippen molar-refractivity contribution in [1.82, 2.24) is 0 Å². The molecule has 29 heteroatoms. The van der Waals surface area contributed by atoms with Crippen LogP contribution in [0.4, 0.5) is 0 Å². The minimum atomic E-state index is -2.97. The SMILES string of the molecule is NCCCC[C@H](N)C(=O)O.NCCCC[C@H](N)C(=O)O.NCCCC[C@H](N)C(=O)O.O=C([O-])CC(O)(CC(=O)[O-])C(=O)[O-].O=C([O-])CC(O)(CC(=O)[O-])C(=O)[O-].[Mg+2].[Mg+2].[Mg+2]. The van der Waals surface area contributed by atoms with E-state index in [2.05, 4.69) is 0 Å². The van der Waals surface area contributed by atoms with Gasteiger partial charge in [-0.25, -0.2) is 0 Å². The smallest absolute Gasteiger partial charge is 0.550 e. The first-order valence-electron chi connectivity index (χ1n) is 16.3. The van der Waals surface area contributed by atoms with Crippen LogP contribution in [0.5, 0.6) is 0 Å². The van der Waals surface area contributed by atoms with Gasteiger partial charge in [-0.05, 0) is 58.2 Å². The zero-order chi connectivity index (χ0) is 45.2. The van der Waals surface area contributed by atoms with E-state index >= 15 is 0 Å². The molecule has 0 saturated carbocycles. The van der Waals surface area contributed by atoms with Crippen LogP contribution in [0.2, 0.25) is 0 Å². The van der Waals surface area contributed by atoms with Gasteiger partial charge >= 0.3 is 87.1 Å². The van der Waals surface area contributed by atoms with E-state index < -0.39 is 109 Å². The normalized spacial score (nSPS) is 11.4. The van der Waals surface area contributed by atoms with Gasteiger partial charge in [0.25, 0.3) is 0 Å². The van der Waals surface area contributed by atoms with Crippen LogP contribution in [0.1, 0.15) is 83.5 Å². The Bertz CT molecular complexity index is 1090. The number of carbonyl (C=O) groups excluding carboxylic acids is 6. The maximum absolute atomic E-state index is 10.1. The summed E-state index contributed by atoms with van der Waals surface area (Å²) in [4.78, 5) is 90.4. The van der Waals surface area contributed by atoms with Crippen molar-refractivity contribution in [1.29, 1.82) is 0 Å². The van der Waals surface area contributed by atoms with E-state index in [1.807, 2.05) is 0 Å². The summed E-state index contributed by atoms with van der Waals surface area (Å²) in [6.07, 6.45) is 1.06. The second-order valence-electron chi connectivity index (χ2n) is 11.5. The third kappa shape index (κ3) is 49.5. The molecule has 0 spiro atoms. The standard InChI is InChI=1S/3C6H14N2O2.2C6H8O7.3Mg/c3*7-4-2-1-3-5(8)6(9)10;2*7-3(8)1-6(13,5(11)12)2-4(9)10;;;/h3*5H,1-4,7-8H2,(H,9,10);2*13H,1-2H2,(H,7,8)(H,9,10)(H,11,12);;;/q;;;;;3*+2/p-6/t3*5-;;;;;/m000...../s1. The van der Waals surface area contributed by atoms with E-state index in [-0.39, 0.29) is 69.2 Å². The molecule has 0 aliphatic heterocycles. The minimum absolute atomic E-state index is 0. The van der Waals surface area contributed by atoms with Crippen LogP contribution < -0.4 is 65.0 Å². The molecule has 0 unspecified atom stereocenters.